The van der Waals surface area contributed by atoms with E-state index < -0.39 is 0 Å². The van der Waals surface area contributed by atoms with Crippen molar-refractivity contribution in [1.29, 1.82) is 0 Å². The van der Waals surface area contributed by atoms with Crippen LogP contribution in [0.1, 0.15) is 16.9 Å². The molecule has 1 aromatic heterocycles. The molecular formula is C11H16ClN3O2S2. The fourth-order valence-electron chi connectivity index (χ4n) is 1.20. The molecule has 1 aromatic rings. The lowest BCUT2D eigenvalue weighted by Gasteiger charge is -2.06. The standard InChI is InChI=1S/C11H16ClN3O2S2/c1-18-11-14-7-8(12)9(15-11)10(17)13-3-6-19-5-2-4-16/h7,16H,2-6H2,1H3,(H,13,17). The molecule has 0 aromatic carbocycles. The molecule has 0 atom stereocenters. The highest BCUT2D eigenvalue weighted by Gasteiger charge is 2.13. The molecule has 0 aliphatic heterocycles. The van der Waals surface area contributed by atoms with Gasteiger partial charge in [0, 0.05) is 18.9 Å². The van der Waals surface area contributed by atoms with Crippen LogP contribution in [0.25, 0.3) is 0 Å². The monoisotopic (exact) mass is 321 g/mol. The van der Waals surface area contributed by atoms with E-state index in [0.717, 1.165) is 17.9 Å². The van der Waals surface area contributed by atoms with Crippen molar-refractivity contribution in [2.24, 2.45) is 0 Å². The Morgan fingerprint density at radius 1 is 1.53 bits per heavy atom. The molecule has 0 fully saturated rings. The van der Waals surface area contributed by atoms with Crippen LogP contribution in [0.5, 0.6) is 0 Å². The normalized spacial score (nSPS) is 10.5. The zero-order valence-corrected chi connectivity index (χ0v) is 12.9. The second kappa shape index (κ2) is 9.41. The molecule has 1 amide bonds. The highest BCUT2D eigenvalue weighted by Crippen LogP contribution is 2.16. The quantitative estimate of drug-likeness (QED) is 0.431. The van der Waals surface area contributed by atoms with Crippen LogP contribution in [0.2, 0.25) is 5.02 Å². The summed E-state index contributed by atoms with van der Waals surface area (Å²) < 4.78 is 0. The first kappa shape index (κ1) is 16.6. The average Bonchev–Trinajstić information content (AvgIpc) is 2.43. The molecule has 0 bridgehead atoms. The van der Waals surface area contributed by atoms with Crippen LogP contribution in [-0.2, 0) is 0 Å². The third kappa shape index (κ3) is 5.99. The van der Waals surface area contributed by atoms with E-state index in [9.17, 15) is 4.79 Å². The predicted octanol–water partition coefficient (Wildman–Crippen LogP) is 1.70. The largest absolute Gasteiger partial charge is 0.396 e. The number of hydrogen-bond donors (Lipinski definition) is 2. The number of aliphatic hydroxyl groups is 1. The Morgan fingerprint density at radius 3 is 3.00 bits per heavy atom. The summed E-state index contributed by atoms with van der Waals surface area (Å²) >= 11 is 8.94. The number of hydrogen-bond acceptors (Lipinski definition) is 6. The molecule has 1 heterocycles. The lowest BCUT2D eigenvalue weighted by Crippen LogP contribution is -2.27. The van der Waals surface area contributed by atoms with E-state index in [4.69, 9.17) is 16.7 Å². The minimum absolute atomic E-state index is 0.202. The van der Waals surface area contributed by atoms with Gasteiger partial charge in [0.1, 0.15) is 0 Å². The van der Waals surface area contributed by atoms with Crippen molar-refractivity contribution in [3.05, 3.63) is 16.9 Å². The smallest absolute Gasteiger partial charge is 0.271 e. The first-order valence-corrected chi connectivity index (χ1v) is 8.48. The van der Waals surface area contributed by atoms with Crippen LogP contribution in [-0.4, -0.2) is 51.9 Å². The highest BCUT2D eigenvalue weighted by atomic mass is 35.5. The molecule has 0 unspecified atom stereocenters. The van der Waals surface area contributed by atoms with Crippen molar-refractivity contribution >= 4 is 41.0 Å². The van der Waals surface area contributed by atoms with E-state index >= 15 is 0 Å². The predicted molar refractivity (Wildman–Crippen MR) is 80.2 cm³/mol. The maximum Gasteiger partial charge on any atom is 0.271 e. The van der Waals surface area contributed by atoms with Gasteiger partial charge < -0.3 is 10.4 Å². The van der Waals surface area contributed by atoms with Gasteiger partial charge in [0.15, 0.2) is 10.9 Å². The second-order valence-electron chi connectivity index (χ2n) is 3.50. The Morgan fingerprint density at radius 2 is 2.32 bits per heavy atom. The number of amides is 1. The number of carbonyl (C=O) groups excluding carboxylic acids is 1. The highest BCUT2D eigenvalue weighted by molar-refractivity contribution is 7.99. The van der Waals surface area contributed by atoms with Crippen LogP contribution in [0.4, 0.5) is 0 Å². The molecule has 5 nitrogen and oxygen atoms in total. The number of halogens is 1. The fraction of sp³-hybridized carbons (Fsp3) is 0.545. The molecule has 0 aliphatic carbocycles. The first-order valence-electron chi connectivity index (χ1n) is 5.72. The van der Waals surface area contributed by atoms with Gasteiger partial charge in [0.25, 0.3) is 5.91 Å². The first-order chi connectivity index (χ1) is 9.19. The van der Waals surface area contributed by atoms with Crippen molar-refractivity contribution in [3.8, 4) is 0 Å². The van der Waals surface area contributed by atoms with Crippen LogP contribution in [0, 0.1) is 0 Å². The van der Waals surface area contributed by atoms with E-state index in [2.05, 4.69) is 15.3 Å². The van der Waals surface area contributed by atoms with Crippen molar-refractivity contribution in [2.75, 3.05) is 30.9 Å². The Balaban J connectivity index is 2.40. The van der Waals surface area contributed by atoms with Crippen molar-refractivity contribution in [1.82, 2.24) is 15.3 Å². The molecule has 0 saturated heterocycles. The van der Waals surface area contributed by atoms with Gasteiger partial charge in [-0.15, -0.1) is 0 Å². The van der Waals surface area contributed by atoms with Crippen LogP contribution in [0.15, 0.2) is 11.4 Å². The average molecular weight is 322 g/mol. The summed E-state index contributed by atoms with van der Waals surface area (Å²) in [5.41, 5.74) is 0.210. The summed E-state index contributed by atoms with van der Waals surface area (Å²) in [6.07, 6.45) is 4.04. The van der Waals surface area contributed by atoms with E-state index in [1.807, 2.05) is 6.26 Å². The van der Waals surface area contributed by atoms with Crippen LogP contribution in [0.3, 0.4) is 0 Å². The minimum Gasteiger partial charge on any atom is -0.396 e. The molecule has 106 valence electrons. The Kier molecular flexibility index (Phi) is 8.20. The number of nitrogens with zero attached hydrogens (tertiary/aromatic N) is 2. The Labute approximate surface area is 125 Å². The van der Waals surface area contributed by atoms with E-state index in [1.165, 1.54) is 18.0 Å². The zero-order valence-electron chi connectivity index (χ0n) is 10.6. The summed E-state index contributed by atoms with van der Waals surface area (Å²) in [7, 11) is 0. The molecule has 0 spiro atoms. The number of carbonyl (C=O) groups is 1. The third-order valence-corrected chi connectivity index (χ3v) is 4.01. The molecule has 2 N–H and O–H groups in total. The third-order valence-electron chi connectivity index (χ3n) is 2.10. The number of aliphatic hydroxyl groups excluding tert-OH is 1. The topological polar surface area (TPSA) is 75.1 Å². The Bertz CT molecular complexity index is 421. The SMILES string of the molecule is CSc1ncc(Cl)c(C(=O)NCCSCCCO)n1. The molecule has 0 aliphatic rings. The van der Waals surface area contributed by atoms with Gasteiger partial charge in [0.05, 0.1) is 11.2 Å². The van der Waals surface area contributed by atoms with Crippen molar-refractivity contribution < 1.29 is 9.90 Å². The lowest BCUT2D eigenvalue weighted by atomic mass is 10.4. The molecular weight excluding hydrogens is 306 g/mol. The molecule has 8 heteroatoms. The van der Waals surface area contributed by atoms with Gasteiger partial charge in [-0.1, -0.05) is 23.4 Å². The van der Waals surface area contributed by atoms with Gasteiger partial charge in [-0.3, -0.25) is 4.79 Å². The number of aromatic nitrogens is 2. The summed E-state index contributed by atoms with van der Waals surface area (Å²) in [5, 5.41) is 12.2. The number of thioether (sulfide) groups is 2. The second-order valence-corrected chi connectivity index (χ2v) is 5.90. The summed E-state index contributed by atoms with van der Waals surface area (Å²) in [5.74, 6) is 1.40. The van der Waals surface area contributed by atoms with Crippen molar-refractivity contribution in [2.45, 2.75) is 11.6 Å². The van der Waals surface area contributed by atoms with Gasteiger partial charge in [-0.25, -0.2) is 9.97 Å². The van der Waals surface area contributed by atoms with Gasteiger partial charge in [-0.2, -0.15) is 11.8 Å². The van der Waals surface area contributed by atoms with Gasteiger partial charge >= 0.3 is 0 Å². The summed E-state index contributed by atoms with van der Waals surface area (Å²) in [6.45, 7) is 0.747. The minimum atomic E-state index is -0.287. The van der Waals surface area contributed by atoms with Gasteiger partial charge in [0.2, 0.25) is 0 Å². The summed E-state index contributed by atoms with van der Waals surface area (Å²) in [4.78, 5) is 19.9. The number of nitrogens with one attached hydrogen (secondary N) is 1. The summed E-state index contributed by atoms with van der Waals surface area (Å²) in [6, 6.07) is 0. The van der Waals surface area contributed by atoms with Crippen molar-refractivity contribution in [3.63, 3.8) is 0 Å². The maximum atomic E-state index is 11.9. The molecule has 0 radical (unpaired) electrons. The Hall–Kier alpha value is -0.500. The molecule has 1 rings (SSSR count). The van der Waals surface area contributed by atoms with Gasteiger partial charge in [-0.05, 0) is 18.4 Å². The molecule has 0 saturated carbocycles. The zero-order chi connectivity index (χ0) is 14.1. The van der Waals surface area contributed by atoms with E-state index in [0.29, 0.717) is 11.7 Å². The number of rotatable bonds is 8. The van der Waals surface area contributed by atoms with Crippen LogP contribution >= 0.6 is 35.1 Å². The maximum absolute atomic E-state index is 11.9. The fourth-order valence-corrected chi connectivity index (χ4v) is 2.50. The molecule has 19 heavy (non-hydrogen) atoms. The lowest BCUT2D eigenvalue weighted by molar-refractivity contribution is 0.0950. The van der Waals surface area contributed by atoms with E-state index in [-0.39, 0.29) is 23.2 Å². The van der Waals surface area contributed by atoms with E-state index in [1.54, 1.807) is 11.8 Å². The van der Waals surface area contributed by atoms with Crippen LogP contribution < -0.4 is 5.32 Å².